The molecule has 2 N–H and O–H groups in total. The van der Waals surface area contributed by atoms with Gasteiger partial charge in [-0.2, -0.15) is 0 Å². The second kappa shape index (κ2) is 5.63. The van der Waals surface area contributed by atoms with Crippen molar-refractivity contribution in [1.82, 2.24) is 4.90 Å². The summed E-state index contributed by atoms with van der Waals surface area (Å²) in [5.74, 6) is 0.308. The molecule has 1 aromatic carbocycles. The Morgan fingerprint density at radius 2 is 2.00 bits per heavy atom. The fraction of sp³-hybridized carbons (Fsp3) is 0.625. The molecule has 110 valence electrons. The summed E-state index contributed by atoms with van der Waals surface area (Å²) in [6.45, 7) is 0. The van der Waals surface area contributed by atoms with E-state index >= 15 is 0 Å². The monoisotopic (exact) mass is 296 g/mol. The third-order valence-electron chi connectivity index (χ3n) is 5.20. The quantitative estimate of drug-likeness (QED) is 0.928. The van der Waals surface area contributed by atoms with Crippen molar-refractivity contribution in [3.05, 3.63) is 34.6 Å². The molecule has 20 heavy (non-hydrogen) atoms. The lowest BCUT2D eigenvalue weighted by Gasteiger charge is -2.38. The Hall–Kier alpha value is -0.640. The minimum Gasteiger partial charge on any atom is -0.327 e. The molecule has 2 aliphatic heterocycles. The number of piperidine rings is 1. The summed E-state index contributed by atoms with van der Waals surface area (Å²) in [7, 11) is 2.22. The van der Waals surface area contributed by atoms with Gasteiger partial charge < -0.3 is 10.6 Å². The minimum atomic E-state index is -0.194. The maximum atomic E-state index is 13.8. The number of nitrogens with zero attached hydrogens (tertiary/aromatic N) is 1. The van der Waals surface area contributed by atoms with Gasteiger partial charge in [-0.15, -0.1) is 0 Å². The van der Waals surface area contributed by atoms with Crippen molar-refractivity contribution in [3.8, 4) is 0 Å². The Morgan fingerprint density at radius 3 is 2.65 bits per heavy atom. The standard InChI is InChI=1S/C16H22ClFN2/c1-20-13-3-4-14(20)8-11(7-13)16(19)9-10-6-12(17)2-5-15(10)18/h2,5-6,11,13-14,16H,3-4,7-9,19H2,1H3. The molecular formula is C16H22ClFN2. The van der Waals surface area contributed by atoms with Crippen molar-refractivity contribution >= 4 is 11.6 Å². The molecule has 4 heteroatoms. The van der Waals surface area contributed by atoms with Crippen molar-refractivity contribution in [2.24, 2.45) is 11.7 Å². The summed E-state index contributed by atoms with van der Waals surface area (Å²) in [5, 5.41) is 0.581. The van der Waals surface area contributed by atoms with Gasteiger partial charge in [0.1, 0.15) is 5.82 Å². The maximum Gasteiger partial charge on any atom is 0.126 e. The fourth-order valence-electron chi connectivity index (χ4n) is 3.92. The van der Waals surface area contributed by atoms with Gasteiger partial charge in [0.15, 0.2) is 0 Å². The molecule has 0 aliphatic carbocycles. The first kappa shape index (κ1) is 14.3. The van der Waals surface area contributed by atoms with E-state index in [1.165, 1.54) is 18.9 Å². The van der Waals surface area contributed by atoms with Crippen LogP contribution in [0.25, 0.3) is 0 Å². The number of rotatable bonds is 3. The molecule has 0 radical (unpaired) electrons. The van der Waals surface area contributed by atoms with Crippen molar-refractivity contribution in [1.29, 1.82) is 0 Å². The van der Waals surface area contributed by atoms with E-state index in [-0.39, 0.29) is 11.9 Å². The highest BCUT2D eigenvalue weighted by atomic mass is 35.5. The smallest absolute Gasteiger partial charge is 0.126 e. The molecule has 3 atom stereocenters. The average Bonchev–Trinajstić information content (AvgIpc) is 2.65. The van der Waals surface area contributed by atoms with Crippen molar-refractivity contribution in [2.75, 3.05) is 7.05 Å². The average molecular weight is 297 g/mol. The first-order valence-electron chi connectivity index (χ1n) is 7.46. The molecular weight excluding hydrogens is 275 g/mol. The van der Waals surface area contributed by atoms with Gasteiger partial charge in [0.2, 0.25) is 0 Å². The zero-order chi connectivity index (χ0) is 14.3. The van der Waals surface area contributed by atoms with Gasteiger partial charge in [0.05, 0.1) is 0 Å². The van der Waals surface area contributed by atoms with Gasteiger partial charge >= 0.3 is 0 Å². The second-order valence-corrected chi connectivity index (χ2v) is 6.82. The van der Waals surface area contributed by atoms with E-state index in [9.17, 15) is 4.39 Å². The topological polar surface area (TPSA) is 29.3 Å². The number of fused-ring (bicyclic) bond motifs is 2. The van der Waals surface area contributed by atoms with E-state index in [1.807, 2.05) is 0 Å². The van der Waals surface area contributed by atoms with Crippen LogP contribution in [-0.4, -0.2) is 30.1 Å². The van der Waals surface area contributed by atoms with Gasteiger partial charge in [0, 0.05) is 23.1 Å². The van der Waals surface area contributed by atoms with E-state index in [0.29, 0.717) is 35.0 Å². The number of hydrogen-bond donors (Lipinski definition) is 1. The highest BCUT2D eigenvalue weighted by molar-refractivity contribution is 6.30. The molecule has 2 nitrogen and oxygen atoms in total. The third kappa shape index (κ3) is 2.72. The van der Waals surface area contributed by atoms with E-state index in [4.69, 9.17) is 17.3 Å². The van der Waals surface area contributed by atoms with E-state index in [1.54, 1.807) is 12.1 Å². The van der Waals surface area contributed by atoms with Crippen molar-refractivity contribution in [3.63, 3.8) is 0 Å². The molecule has 0 aromatic heterocycles. The number of nitrogens with two attached hydrogens (primary N) is 1. The highest BCUT2D eigenvalue weighted by Gasteiger charge is 2.40. The molecule has 3 rings (SSSR count). The molecule has 2 heterocycles. The van der Waals surface area contributed by atoms with Crippen LogP contribution in [-0.2, 0) is 6.42 Å². The van der Waals surface area contributed by atoms with Crippen molar-refractivity contribution < 1.29 is 4.39 Å². The summed E-state index contributed by atoms with van der Waals surface area (Å²) in [6, 6.07) is 6.10. The Balaban J connectivity index is 1.68. The van der Waals surface area contributed by atoms with Gasteiger partial charge in [-0.1, -0.05) is 11.6 Å². The minimum absolute atomic E-state index is 0.0276. The number of halogens is 2. The van der Waals surface area contributed by atoms with Crippen LogP contribution in [0.5, 0.6) is 0 Å². The third-order valence-corrected chi connectivity index (χ3v) is 5.44. The van der Waals surface area contributed by atoms with Crippen LogP contribution >= 0.6 is 11.6 Å². The Morgan fingerprint density at radius 1 is 1.35 bits per heavy atom. The largest absolute Gasteiger partial charge is 0.327 e. The summed E-state index contributed by atoms with van der Waals surface area (Å²) in [6.07, 6.45) is 5.46. The fourth-order valence-corrected chi connectivity index (χ4v) is 4.12. The zero-order valence-electron chi connectivity index (χ0n) is 11.9. The van der Waals surface area contributed by atoms with Crippen LogP contribution in [0.4, 0.5) is 4.39 Å². The first-order chi connectivity index (χ1) is 9.54. The second-order valence-electron chi connectivity index (χ2n) is 6.39. The van der Waals surface area contributed by atoms with Crippen LogP contribution in [0.1, 0.15) is 31.2 Å². The maximum absolute atomic E-state index is 13.8. The normalized spacial score (nSPS) is 31.5. The van der Waals surface area contributed by atoms with Gasteiger partial charge in [0.25, 0.3) is 0 Å². The molecule has 1 aromatic rings. The molecule has 2 saturated heterocycles. The Labute approximate surface area is 125 Å². The predicted molar refractivity (Wildman–Crippen MR) is 80.4 cm³/mol. The lowest BCUT2D eigenvalue weighted by Crippen LogP contribution is -2.46. The lowest BCUT2D eigenvalue weighted by atomic mass is 9.83. The SMILES string of the molecule is CN1C2CCC1CC(C(N)Cc1cc(Cl)ccc1F)C2. The van der Waals surface area contributed by atoms with Crippen LogP contribution in [0.3, 0.4) is 0 Å². The molecule has 2 aliphatic rings. The Bertz CT molecular complexity index is 479. The van der Waals surface area contributed by atoms with Gasteiger partial charge in [-0.25, -0.2) is 4.39 Å². The van der Waals surface area contributed by atoms with Crippen LogP contribution in [0.15, 0.2) is 18.2 Å². The van der Waals surface area contributed by atoms with E-state index < -0.39 is 0 Å². The molecule has 2 fully saturated rings. The lowest BCUT2D eigenvalue weighted by molar-refractivity contribution is 0.120. The number of hydrogen-bond acceptors (Lipinski definition) is 2. The summed E-state index contributed by atoms with van der Waals surface area (Å²) in [5.41, 5.74) is 7.02. The van der Waals surface area contributed by atoms with Gasteiger partial charge in [-0.05, 0) is 68.8 Å². The summed E-state index contributed by atoms with van der Waals surface area (Å²) < 4.78 is 13.8. The number of benzene rings is 1. The molecule has 0 saturated carbocycles. The molecule has 3 unspecified atom stereocenters. The molecule has 0 amide bonds. The molecule has 2 bridgehead atoms. The van der Waals surface area contributed by atoms with Gasteiger partial charge in [-0.3, -0.25) is 0 Å². The van der Waals surface area contributed by atoms with E-state index in [2.05, 4.69) is 11.9 Å². The molecule has 0 spiro atoms. The van der Waals surface area contributed by atoms with Crippen LogP contribution < -0.4 is 5.73 Å². The zero-order valence-corrected chi connectivity index (χ0v) is 12.6. The van der Waals surface area contributed by atoms with Crippen molar-refractivity contribution in [2.45, 2.75) is 50.2 Å². The predicted octanol–water partition coefficient (Wildman–Crippen LogP) is 3.22. The summed E-state index contributed by atoms with van der Waals surface area (Å²) >= 11 is 5.95. The van der Waals surface area contributed by atoms with E-state index in [0.717, 1.165) is 12.8 Å². The highest BCUT2D eigenvalue weighted by Crippen LogP contribution is 2.38. The van der Waals surface area contributed by atoms with Crippen LogP contribution in [0, 0.1) is 11.7 Å². The first-order valence-corrected chi connectivity index (χ1v) is 7.84. The van der Waals surface area contributed by atoms with Crippen LogP contribution in [0.2, 0.25) is 5.02 Å². The Kier molecular flexibility index (Phi) is 4.02. The summed E-state index contributed by atoms with van der Waals surface area (Å²) in [4.78, 5) is 2.50.